The minimum atomic E-state index is 0.852. The summed E-state index contributed by atoms with van der Waals surface area (Å²) in [6, 6.07) is 5.97. The summed E-state index contributed by atoms with van der Waals surface area (Å²) >= 11 is 10.1. The molecule has 0 aliphatic rings. The molecule has 0 fully saturated rings. The Balaban J connectivity index is 3.00. The van der Waals surface area contributed by atoms with E-state index in [1.54, 1.807) is 0 Å². The number of benzene rings is 1. The Morgan fingerprint density at radius 3 is 2.73 bits per heavy atom. The zero-order chi connectivity index (χ0) is 8.27. The average molecular weight is 187 g/mol. The Labute approximate surface area is 78.0 Å². The van der Waals surface area contributed by atoms with Crippen LogP contribution in [0.25, 0.3) is 0 Å². The fourth-order valence-electron chi connectivity index (χ4n) is 1.09. The van der Waals surface area contributed by atoms with Crippen molar-refractivity contribution in [1.82, 2.24) is 0 Å². The first kappa shape index (κ1) is 8.95. The van der Waals surface area contributed by atoms with E-state index in [1.807, 2.05) is 12.1 Å². The molecule has 0 aliphatic heterocycles. The summed E-state index contributed by atoms with van der Waals surface area (Å²) < 4.78 is 0. The normalized spacial score (nSPS) is 10.1. The first-order valence-corrected chi connectivity index (χ1v) is 4.61. The molecule has 0 nitrogen and oxygen atoms in total. The molecule has 0 N–H and O–H groups in total. The molecule has 0 heterocycles. The average Bonchev–Trinajstić information content (AvgIpc) is 1.97. The zero-order valence-electron chi connectivity index (χ0n) is 6.47. The molecule has 0 spiro atoms. The van der Waals surface area contributed by atoms with E-state index in [9.17, 15) is 0 Å². The molecule has 0 saturated heterocycles. The number of aryl methyl sites for hydroxylation is 1. The van der Waals surface area contributed by atoms with Crippen LogP contribution in [0, 0.1) is 6.92 Å². The lowest BCUT2D eigenvalue weighted by Gasteiger charge is -2.04. The molecule has 1 aromatic carbocycles. The van der Waals surface area contributed by atoms with Crippen LogP contribution in [0.4, 0.5) is 0 Å². The second-order valence-electron chi connectivity index (χ2n) is 2.51. The molecule has 11 heavy (non-hydrogen) atoms. The molecular formula is C9H11ClS. The Morgan fingerprint density at radius 1 is 1.45 bits per heavy atom. The third-order valence-corrected chi connectivity index (χ3v) is 2.29. The first-order valence-electron chi connectivity index (χ1n) is 3.60. The van der Waals surface area contributed by atoms with Crippen LogP contribution in [0.5, 0.6) is 0 Å². The lowest BCUT2D eigenvalue weighted by Crippen LogP contribution is -1.91. The van der Waals surface area contributed by atoms with E-state index in [2.05, 4.69) is 25.6 Å². The first-order chi connectivity index (χ1) is 5.25. The van der Waals surface area contributed by atoms with Crippen molar-refractivity contribution in [2.75, 3.05) is 5.75 Å². The number of hydrogen-bond donors (Lipinski definition) is 1. The predicted molar refractivity (Wildman–Crippen MR) is 53.7 cm³/mol. The summed E-state index contributed by atoms with van der Waals surface area (Å²) in [6.45, 7) is 2.07. The maximum Gasteiger partial charge on any atom is 0.0440 e. The van der Waals surface area contributed by atoms with Crippen molar-refractivity contribution in [1.29, 1.82) is 0 Å². The van der Waals surface area contributed by atoms with Crippen molar-refractivity contribution in [2.45, 2.75) is 13.3 Å². The van der Waals surface area contributed by atoms with Gasteiger partial charge in [-0.2, -0.15) is 12.6 Å². The van der Waals surface area contributed by atoms with Gasteiger partial charge in [-0.25, -0.2) is 0 Å². The van der Waals surface area contributed by atoms with Gasteiger partial charge in [0.1, 0.15) is 0 Å². The van der Waals surface area contributed by atoms with Crippen molar-refractivity contribution in [3.8, 4) is 0 Å². The van der Waals surface area contributed by atoms with Crippen LogP contribution < -0.4 is 0 Å². The third-order valence-electron chi connectivity index (χ3n) is 1.71. The maximum absolute atomic E-state index is 5.97. The molecule has 0 bridgehead atoms. The second kappa shape index (κ2) is 4.03. The molecule has 1 rings (SSSR count). The van der Waals surface area contributed by atoms with E-state index in [-0.39, 0.29) is 0 Å². The maximum atomic E-state index is 5.97. The SMILES string of the molecule is Cc1cccc(Cl)c1CCS. The van der Waals surface area contributed by atoms with Gasteiger partial charge < -0.3 is 0 Å². The molecule has 0 unspecified atom stereocenters. The van der Waals surface area contributed by atoms with Crippen molar-refractivity contribution in [2.24, 2.45) is 0 Å². The molecule has 1 aromatic rings. The number of thiol groups is 1. The summed E-state index contributed by atoms with van der Waals surface area (Å²) in [7, 11) is 0. The fraction of sp³-hybridized carbons (Fsp3) is 0.333. The van der Waals surface area contributed by atoms with E-state index in [0.29, 0.717) is 0 Å². The van der Waals surface area contributed by atoms with Crippen LogP contribution in [0.15, 0.2) is 18.2 Å². The molecule has 0 radical (unpaired) electrons. The minimum absolute atomic E-state index is 0.852. The summed E-state index contributed by atoms with van der Waals surface area (Å²) in [4.78, 5) is 0. The Morgan fingerprint density at radius 2 is 2.18 bits per heavy atom. The van der Waals surface area contributed by atoms with E-state index < -0.39 is 0 Å². The van der Waals surface area contributed by atoms with Crippen LogP contribution in [-0.2, 0) is 6.42 Å². The van der Waals surface area contributed by atoms with Gasteiger partial charge in [-0.05, 0) is 36.3 Å². The van der Waals surface area contributed by atoms with E-state index in [0.717, 1.165) is 17.2 Å². The van der Waals surface area contributed by atoms with Crippen molar-refractivity contribution >= 4 is 24.2 Å². The highest BCUT2D eigenvalue weighted by Gasteiger charge is 2.00. The highest BCUT2D eigenvalue weighted by atomic mass is 35.5. The van der Waals surface area contributed by atoms with E-state index in [4.69, 9.17) is 11.6 Å². The van der Waals surface area contributed by atoms with Gasteiger partial charge in [-0.3, -0.25) is 0 Å². The summed E-state index contributed by atoms with van der Waals surface area (Å²) in [5, 5.41) is 0.860. The summed E-state index contributed by atoms with van der Waals surface area (Å²) in [5.41, 5.74) is 2.48. The van der Waals surface area contributed by atoms with Gasteiger partial charge in [0.05, 0.1) is 0 Å². The lowest BCUT2D eigenvalue weighted by molar-refractivity contribution is 1.13. The highest BCUT2D eigenvalue weighted by Crippen LogP contribution is 2.19. The number of hydrogen-bond acceptors (Lipinski definition) is 1. The van der Waals surface area contributed by atoms with Gasteiger partial charge in [0.25, 0.3) is 0 Å². The monoisotopic (exact) mass is 186 g/mol. The predicted octanol–water partition coefficient (Wildman–Crippen LogP) is 3.12. The Kier molecular flexibility index (Phi) is 3.28. The van der Waals surface area contributed by atoms with Crippen LogP contribution in [-0.4, -0.2) is 5.75 Å². The van der Waals surface area contributed by atoms with Gasteiger partial charge in [-0.15, -0.1) is 0 Å². The third kappa shape index (κ3) is 2.14. The molecule has 0 saturated carbocycles. The largest absolute Gasteiger partial charge is 0.179 e. The fourth-order valence-corrected chi connectivity index (χ4v) is 1.63. The molecule has 0 aliphatic carbocycles. The quantitative estimate of drug-likeness (QED) is 0.675. The summed E-state index contributed by atoms with van der Waals surface area (Å²) in [5.74, 6) is 0.852. The lowest BCUT2D eigenvalue weighted by atomic mass is 10.1. The number of halogens is 1. The van der Waals surface area contributed by atoms with Crippen LogP contribution in [0.1, 0.15) is 11.1 Å². The Bertz CT molecular complexity index is 225. The molecule has 0 atom stereocenters. The van der Waals surface area contributed by atoms with Gasteiger partial charge in [0.15, 0.2) is 0 Å². The van der Waals surface area contributed by atoms with E-state index >= 15 is 0 Å². The molecular weight excluding hydrogens is 176 g/mol. The molecule has 2 heteroatoms. The van der Waals surface area contributed by atoms with E-state index in [1.165, 1.54) is 11.1 Å². The van der Waals surface area contributed by atoms with Gasteiger partial charge in [0, 0.05) is 5.02 Å². The second-order valence-corrected chi connectivity index (χ2v) is 3.36. The Hall–Kier alpha value is -0.140. The van der Waals surface area contributed by atoms with Crippen molar-refractivity contribution in [3.05, 3.63) is 34.3 Å². The van der Waals surface area contributed by atoms with Crippen molar-refractivity contribution < 1.29 is 0 Å². The standard InChI is InChI=1S/C9H11ClS/c1-7-3-2-4-9(10)8(7)5-6-11/h2-4,11H,5-6H2,1H3. The number of rotatable bonds is 2. The van der Waals surface area contributed by atoms with Gasteiger partial charge >= 0.3 is 0 Å². The minimum Gasteiger partial charge on any atom is -0.179 e. The molecule has 0 aromatic heterocycles. The zero-order valence-corrected chi connectivity index (χ0v) is 8.12. The van der Waals surface area contributed by atoms with Crippen molar-refractivity contribution in [3.63, 3.8) is 0 Å². The van der Waals surface area contributed by atoms with Crippen LogP contribution in [0.3, 0.4) is 0 Å². The van der Waals surface area contributed by atoms with Crippen LogP contribution >= 0.6 is 24.2 Å². The smallest absolute Gasteiger partial charge is 0.0440 e. The van der Waals surface area contributed by atoms with Crippen LogP contribution in [0.2, 0.25) is 5.02 Å². The van der Waals surface area contributed by atoms with Gasteiger partial charge in [-0.1, -0.05) is 23.7 Å². The molecule has 0 amide bonds. The highest BCUT2D eigenvalue weighted by molar-refractivity contribution is 7.80. The topological polar surface area (TPSA) is 0 Å². The van der Waals surface area contributed by atoms with Gasteiger partial charge in [0.2, 0.25) is 0 Å². The molecule has 60 valence electrons. The summed E-state index contributed by atoms with van der Waals surface area (Å²) in [6.07, 6.45) is 0.953.